The number of hydrogen-bond donors (Lipinski definition) is 1. The third-order valence-corrected chi connectivity index (χ3v) is 3.26. The Morgan fingerprint density at radius 1 is 1.16 bits per heavy atom. The van der Waals surface area contributed by atoms with Gasteiger partial charge in [-0.1, -0.05) is 0 Å². The van der Waals surface area contributed by atoms with Gasteiger partial charge in [0.15, 0.2) is 5.65 Å². The predicted molar refractivity (Wildman–Crippen MR) is 73.9 cm³/mol. The van der Waals surface area contributed by atoms with Crippen LogP contribution in [-0.2, 0) is 0 Å². The summed E-state index contributed by atoms with van der Waals surface area (Å²) in [7, 11) is 0. The Hall–Kier alpha value is -2.30. The lowest BCUT2D eigenvalue weighted by atomic mass is 10.2. The second kappa shape index (κ2) is 4.12. The molecule has 1 atom stereocenters. The van der Waals surface area contributed by atoms with Gasteiger partial charge in [0.05, 0.1) is 6.04 Å². The third kappa shape index (κ3) is 1.87. The minimum Gasteiger partial charge on any atom is -0.464 e. The average Bonchev–Trinajstić information content (AvgIpc) is 2.91. The number of nitrogens with zero attached hydrogens (tertiary/aromatic N) is 3. The normalized spacial score (nSPS) is 13.0. The molecule has 3 aromatic rings. The van der Waals surface area contributed by atoms with Gasteiger partial charge in [0.1, 0.15) is 17.0 Å². The standard InChI is InChI=1S/C14H16N4O/c1-8-4-6-11-13(16-8)18(14(15)17-11)10(3)12-7-5-9(2)19-12/h4-7,10H,1-3H3,(H2,15,17). The summed E-state index contributed by atoms with van der Waals surface area (Å²) in [4.78, 5) is 8.87. The molecule has 3 rings (SSSR count). The molecule has 0 aromatic carbocycles. The second-order valence-corrected chi connectivity index (χ2v) is 4.76. The number of rotatable bonds is 2. The molecule has 0 fully saturated rings. The van der Waals surface area contributed by atoms with Gasteiger partial charge < -0.3 is 10.2 Å². The highest BCUT2D eigenvalue weighted by molar-refractivity contribution is 5.74. The number of nitrogen functional groups attached to an aromatic ring is 1. The molecule has 0 amide bonds. The van der Waals surface area contributed by atoms with Crippen LogP contribution in [0.4, 0.5) is 5.95 Å². The fraction of sp³-hybridized carbons (Fsp3) is 0.286. The van der Waals surface area contributed by atoms with E-state index in [0.717, 1.165) is 28.4 Å². The summed E-state index contributed by atoms with van der Waals surface area (Å²) in [5.41, 5.74) is 8.55. The van der Waals surface area contributed by atoms with Crippen molar-refractivity contribution < 1.29 is 4.42 Å². The summed E-state index contributed by atoms with van der Waals surface area (Å²) in [6.45, 7) is 5.91. The summed E-state index contributed by atoms with van der Waals surface area (Å²) in [6, 6.07) is 7.74. The van der Waals surface area contributed by atoms with E-state index in [9.17, 15) is 0 Å². The highest BCUT2D eigenvalue weighted by Crippen LogP contribution is 2.27. The third-order valence-electron chi connectivity index (χ3n) is 3.26. The van der Waals surface area contributed by atoms with Gasteiger partial charge in [0.2, 0.25) is 5.95 Å². The fourth-order valence-electron chi connectivity index (χ4n) is 2.27. The van der Waals surface area contributed by atoms with Gasteiger partial charge in [-0.25, -0.2) is 9.97 Å². The molecule has 0 aliphatic heterocycles. The number of nitrogens with two attached hydrogens (primary N) is 1. The fourth-order valence-corrected chi connectivity index (χ4v) is 2.27. The van der Waals surface area contributed by atoms with E-state index in [1.54, 1.807) is 0 Å². The summed E-state index contributed by atoms with van der Waals surface area (Å²) >= 11 is 0. The van der Waals surface area contributed by atoms with Crippen LogP contribution in [-0.4, -0.2) is 14.5 Å². The lowest BCUT2D eigenvalue weighted by Crippen LogP contribution is -2.10. The zero-order valence-electron chi connectivity index (χ0n) is 11.2. The van der Waals surface area contributed by atoms with Gasteiger partial charge in [-0.2, -0.15) is 0 Å². The molecule has 98 valence electrons. The van der Waals surface area contributed by atoms with E-state index in [4.69, 9.17) is 10.2 Å². The lowest BCUT2D eigenvalue weighted by Gasteiger charge is -2.13. The molecule has 1 unspecified atom stereocenters. The van der Waals surface area contributed by atoms with Crippen LogP contribution in [0.1, 0.15) is 30.2 Å². The summed E-state index contributed by atoms with van der Waals surface area (Å²) in [5, 5.41) is 0. The second-order valence-electron chi connectivity index (χ2n) is 4.76. The Bertz CT molecular complexity index is 741. The molecule has 19 heavy (non-hydrogen) atoms. The molecular formula is C14H16N4O. The van der Waals surface area contributed by atoms with E-state index < -0.39 is 0 Å². The molecule has 0 saturated heterocycles. The summed E-state index contributed by atoms with van der Waals surface area (Å²) in [6.07, 6.45) is 0. The maximum Gasteiger partial charge on any atom is 0.203 e. The molecule has 0 spiro atoms. The van der Waals surface area contributed by atoms with Crippen molar-refractivity contribution in [3.8, 4) is 0 Å². The Morgan fingerprint density at radius 3 is 2.63 bits per heavy atom. The van der Waals surface area contributed by atoms with Gasteiger partial charge in [0, 0.05) is 5.69 Å². The first kappa shape index (κ1) is 11.8. The first-order valence-corrected chi connectivity index (χ1v) is 6.23. The van der Waals surface area contributed by atoms with Crippen LogP contribution in [0.5, 0.6) is 0 Å². The number of aryl methyl sites for hydroxylation is 2. The van der Waals surface area contributed by atoms with Crippen LogP contribution in [0.2, 0.25) is 0 Å². The maximum absolute atomic E-state index is 6.02. The number of aromatic nitrogens is 3. The number of pyridine rings is 1. The van der Waals surface area contributed by atoms with Gasteiger partial charge in [-0.15, -0.1) is 0 Å². The molecule has 0 aliphatic carbocycles. The van der Waals surface area contributed by atoms with E-state index >= 15 is 0 Å². The van der Waals surface area contributed by atoms with Crippen LogP contribution in [0.25, 0.3) is 11.2 Å². The highest BCUT2D eigenvalue weighted by atomic mass is 16.3. The zero-order valence-corrected chi connectivity index (χ0v) is 11.2. The maximum atomic E-state index is 6.02. The first-order chi connectivity index (χ1) is 9.06. The van der Waals surface area contributed by atoms with Crippen LogP contribution < -0.4 is 5.73 Å². The number of hydrogen-bond acceptors (Lipinski definition) is 4. The van der Waals surface area contributed by atoms with Crippen molar-refractivity contribution >= 4 is 17.1 Å². The van der Waals surface area contributed by atoms with E-state index in [2.05, 4.69) is 9.97 Å². The highest BCUT2D eigenvalue weighted by Gasteiger charge is 2.19. The van der Waals surface area contributed by atoms with Crippen molar-refractivity contribution in [1.82, 2.24) is 14.5 Å². The molecule has 3 heterocycles. The SMILES string of the molecule is Cc1ccc2nc(N)n(C(C)c3ccc(C)o3)c2n1. The lowest BCUT2D eigenvalue weighted by molar-refractivity contribution is 0.434. The van der Waals surface area contributed by atoms with Gasteiger partial charge in [0.25, 0.3) is 0 Å². The Morgan fingerprint density at radius 2 is 1.95 bits per heavy atom. The molecule has 0 saturated carbocycles. The van der Waals surface area contributed by atoms with Gasteiger partial charge in [-0.3, -0.25) is 4.57 Å². The van der Waals surface area contributed by atoms with Crippen molar-refractivity contribution in [1.29, 1.82) is 0 Å². The molecule has 5 nitrogen and oxygen atoms in total. The van der Waals surface area contributed by atoms with Crippen molar-refractivity contribution in [3.05, 3.63) is 41.5 Å². The smallest absolute Gasteiger partial charge is 0.203 e. The van der Waals surface area contributed by atoms with E-state index in [1.807, 2.05) is 49.6 Å². The van der Waals surface area contributed by atoms with Crippen molar-refractivity contribution in [3.63, 3.8) is 0 Å². The van der Waals surface area contributed by atoms with Crippen molar-refractivity contribution in [2.24, 2.45) is 0 Å². The minimum absolute atomic E-state index is 0.0343. The van der Waals surface area contributed by atoms with E-state index in [1.165, 1.54) is 0 Å². The van der Waals surface area contributed by atoms with Crippen LogP contribution >= 0.6 is 0 Å². The molecule has 0 bridgehead atoms. The van der Waals surface area contributed by atoms with Crippen LogP contribution in [0, 0.1) is 13.8 Å². The topological polar surface area (TPSA) is 69.9 Å². The molecular weight excluding hydrogens is 240 g/mol. The van der Waals surface area contributed by atoms with Crippen LogP contribution in [0.3, 0.4) is 0 Å². The van der Waals surface area contributed by atoms with Gasteiger partial charge >= 0.3 is 0 Å². The monoisotopic (exact) mass is 256 g/mol. The Balaban J connectivity index is 2.18. The van der Waals surface area contributed by atoms with Crippen LogP contribution in [0.15, 0.2) is 28.7 Å². The van der Waals surface area contributed by atoms with Gasteiger partial charge in [-0.05, 0) is 45.0 Å². The number of anilines is 1. The summed E-state index contributed by atoms with van der Waals surface area (Å²) in [5.74, 6) is 2.19. The quantitative estimate of drug-likeness (QED) is 0.765. The number of fused-ring (bicyclic) bond motifs is 1. The molecule has 0 radical (unpaired) electrons. The van der Waals surface area contributed by atoms with E-state index in [-0.39, 0.29) is 6.04 Å². The summed E-state index contributed by atoms with van der Waals surface area (Å²) < 4.78 is 7.57. The van der Waals surface area contributed by atoms with E-state index in [0.29, 0.717) is 5.95 Å². The largest absolute Gasteiger partial charge is 0.464 e. The molecule has 0 aliphatic rings. The molecule has 3 aromatic heterocycles. The zero-order chi connectivity index (χ0) is 13.6. The average molecular weight is 256 g/mol. The Labute approximate surface area is 111 Å². The first-order valence-electron chi connectivity index (χ1n) is 6.23. The molecule has 5 heteroatoms. The Kier molecular flexibility index (Phi) is 2.55. The van der Waals surface area contributed by atoms with Crippen molar-refractivity contribution in [2.75, 3.05) is 5.73 Å². The number of furan rings is 1. The van der Waals surface area contributed by atoms with Crippen molar-refractivity contribution in [2.45, 2.75) is 26.8 Å². The predicted octanol–water partition coefficient (Wildman–Crippen LogP) is 2.83. The minimum atomic E-state index is -0.0343. The molecule has 2 N–H and O–H groups in total. The number of imidazole rings is 1.